The minimum atomic E-state index is -0.383. The van der Waals surface area contributed by atoms with Crippen molar-refractivity contribution in [3.63, 3.8) is 0 Å². The molecule has 20 heavy (non-hydrogen) atoms. The second kappa shape index (κ2) is 9.05. The van der Waals surface area contributed by atoms with Crippen LogP contribution in [0.2, 0.25) is 0 Å². The van der Waals surface area contributed by atoms with E-state index in [0.717, 1.165) is 36.2 Å². The van der Waals surface area contributed by atoms with Gasteiger partial charge < -0.3 is 10.2 Å². The molecular formula is C14H22BrN3O2. The number of hydrogen-bond acceptors (Lipinski definition) is 4. The number of nitro benzene ring substituents is 1. The molecule has 0 atom stereocenters. The molecule has 112 valence electrons. The number of nitro groups is 1. The van der Waals surface area contributed by atoms with E-state index in [9.17, 15) is 10.1 Å². The maximum Gasteiger partial charge on any atom is 0.270 e. The standard InChI is InChI=1S/C14H22BrN3O2/c1-3-8-17(4-2)9-7-16-11-12-5-6-13(18(19)20)10-14(12)15/h5-6,10,16H,3-4,7-9,11H2,1-2H3. The molecule has 0 saturated carbocycles. The average molecular weight is 344 g/mol. The lowest BCUT2D eigenvalue weighted by atomic mass is 10.2. The van der Waals surface area contributed by atoms with Crippen molar-refractivity contribution in [3.8, 4) is 0 Å². The molecule has 0 bridgehead atoms. The van der Waals surface area contributed by atoms with Crippen LogP contribution in [-0.4, -0.2) is 36.0 Å². The van der Waals surface area contributed by atoms with Crippen molar-refractivity contribution in [1.29, 1.82) is 0 Å². The third-order valence-electron chi connectivity index (χ3n) is 3.15. The lowest BCUT2D eigenvalue weighted by molar-refractivity contribution is -0.384. The molecule has 0 aliphatic rings. The van der Waals surface area contributed by atoms with Gasteiger partial charge in [-0.2, -0.15) is 0 Å². The first kappa shape index (κ1) is 17.1. The van der Waals surface area contributed by atoms with Gasteiger partial charge in [0, 0.05) is 36.2 Å². The third-order valence-corrected chi connectivity index (χ3v) is 3.89. The van der Waals surface area contributed by atoms with E-state index < -0.39 is 0 Å². The SMILES string of the molecule is CCCN(CC)CCNCc1ccc([N+](=O)[O-])cc1Br. The van der Waals surface area contributed by atoms with Crippen LogP contribution >= 0.6 is 15.9 Å². The molecule has 0 unspecified atom stereocenters. The molecule has 0 saturated heterocycles. The van der Waals surface area contributed by atoms with E-state index in [1.807, 2.05) is 0 Å². The number of rotatable bonds is 9. The highest BCUT2D eigenvalue weighted by Gasteiger charge is 2.08. The molecule has 1 rings (SSSR count). The van der Waals surface area contributed by atoms with Gasteiger partial charge in [0.15, 0.2) is 0 Å². The van der Waals surface area contributed by atoms with Crippen molar-refractivity contribution in [1.82, 2.24) is 10.2 Å². The molecule has 0 heterocycles. The smallest absolute Gasteiger partial charge is 0.270 e. The van der Waals surface area contributed by atoms with E-state index in [2.05, 4.69) is 40.0 Å². The van der Waals surface area contributed by atoms with Crippen molar-refractivity contribution in [2.45, 2.75) is 26.8 Å². The van der Waals surface area contributed by atoms with Gasteiger partial charge in [0.1, 0.15) is 0 Å². The Morgan fingerprint density at radius 3 is 2.65 bits per heavy atom. The predicted octanol–water partition coefficient (Wildman–Crippen LogP) is 3.18. The maximum atomic E-state index is 10.7. The Morgan fingerprint density at radius 1 is 1.35 bits per heavy atom. The third kappa shape index (κ3) is 5.56. The van der Waals surface area contributed by atoms with Crippen LogP contribution in [0.3, 0.4) is 0 Å². The van der Waals surface area contributed by atoms with Crippen LogP contribution in [0.4, 0.5) is 5.69 Å². The van der Waals surface area contributed by atoms with Crippen LogP contribution in [0.1, 0.15) is 25.8 Å². The van der Waals surface area contributed by atoms with E-state index in [-0.39, 0.29) is 10.6 Å². The van der Waals surface area contributed by atoms with Crippen LogP contribution in [0, 0.1) is 10.1 Å². The molecule has 0 aromatic heterocycles. The normalized spacial score (nSPS) is 11.0. The molecule has 0 aliphatic carbocycles. The Hall–Kier alpha value is -0.980. The largest absolute Gasteiger partial charge is 0.311 e. The molecule has 0 aliphatic heterocycles. The van der Waals surface area contributed by atoms with E-state index in [1.165, 1.54) is 12.5 Å². The lowest BCUT2D eigenvalue weighted by Crippen LogP contribution is -2.32. The molecule has 5 nitrogen and oxygen atoms in total. The zero-order valence-electron chi connectivity index (χ0n) is 12.1. The van der Waals surface area contributed by atoms with Crippen molar-refractivity contribution in [2.75, 3.05) is 26.2 Å². The van der Waals surface area contributed by atoms with Crippen molar-refractivity contribution in [3.05, 3.63) is 38.3 Å². The number of benzene rings is 1. The van der Waals surface area contributed by atoms with E-state index in [4.69, 9.17) is 0 Å². The molecule has 1 aromatic rings. The first-order chi connectivity index (χ1) is 9.58. The van der Waals surface area contributed by atoms with Crippen molar-refractivity contribution >= 4 is 21.6 Å². The van der Waals surface area contributed by atoms with E-state index >= 15 is 0 Å². The molecule has 0 fully saturated rings. The highest BCUT2D eigenvalue weighted by molar-refractivity contribution is 9.10. The van der Waals surface area contributed by atoms with Gasteiger partial charge in [-0.1, -0.05) is 29.8 Å². The van der Waals surface area contributed by atoms with Crippen molar-refractivity contribution in [2.24, 2.45) is 0 Å². The fourth-order valence-corrected chi connectivity index (χ4v) is 2.50. The maximum absolute atomic E-state index is 10.7. The minimum absolute atomic E-state index is 0.112. The zero-order valence-corrected chi connectivity index (χ0v) is 13.6. The van der Waals surface area contributed by atoms with Crippen LogP contribution in [0.15, 0.2) is 22.7 Å². The number of non-ortho nitro benzene ring substituents is 1. The van der Waals surface area contributed by atoms with Gasteiger partial charge in [-0.05, 0) is 31.1 Å². The number of likely N-dealkylation sites (N-methyl/N-ethyl adjacent to an activating group) is 1. The first-order valence-corrected chi connectivity index (χ1v) is 7.73. The van der Waals surface area contributed by atoms with Gasteiger partial charge in [-0.3, -0.25) is 10.1 Å². The minimum Gasteiger partial charge on any atom is -0.311 e. The van der Waals surface area contributed by atoms with Crippen LogP contribution < -0.4 is 5.32 Å². The zero-order chi connectivity index (χ0) is 15.0. The summed E-state index contributed by atoms with van der Waals surface area (Å²) < 4.78 is 0.778. The van der Waals surface area contributed by atoms with Gasteiger partial charge in [-0.15, -0.1) is 0 Å². The number of hydrogen-bond donors (Lipinski definition) is 1. The van der Waals surface area contributed by atoms with Gasteiger partial charge >= 0.3 is 0 Å². The Labute approximate surface area is 128 Å². The molecule has 0 radical (unpaired) electrons. The highest BCUT2D eigenvalue weighted by Crippen LogP contribution is 2.22. The van der Waals surface area contributed by atoms with Crippen LogP contribution in [0.5, 0.6) is 0 Å². The summed E-state index contributed by atoms with van der Waals surface area (Å²) in [5.74, 6) is 0. The monoisotopic (exact) mass is 343 g/mol. The molecule has 0 amide bonds. The number of nitrogens with one attached hydrogen (secondary N) is 1. The summed E-state index contributed by atoms with van der Waals surface area (Å²) in [7, 11) is 0. The number of halogens is 1. The second-order valence-electron chi connectivity index (χ2n) is 4.64. The van der Waals surface area contributed by atoms with E-state index in [1.54, 1.807) is 12.1 Å². The second-order valence-corrected chi connectivity index (χ2v) is 5.50. The van der Waals surface area contributed by atoms with Crippen LogP contribution in [-0.2, 0) is 6.54 Å². The lowest BCUT2D eigenvalue weighted by Gasteiger charge is -2.19. The topological polar surface area (TPSA) is 58.4 Å². The molecule has 6 heteroatoms. The summed E-state index contributed by atoms with van der Waals surface area (Å²) in [4.78, 5) is 12.7. The van der Waals surface area contributed by atoms with Crippen LogP contribution in [0.25, 0.3) is 0 Å². The van der Waals surface area contributed by atoms with Crippen molar-refractivity contribution < 1.29 is 4.92 Å². The molecule has 1 N–H and O–H groups in total. The summed E-state index contributed by atoms with van der Waals surface area (Å²) >= 11 is 3.38. The Bertz CT molecular complexity index is 440. The van der Waals surface area contributed by atoms with Gasteiger partial charge in [-0.25, -0.2) is 0 Å². The fraction of sp³-hybridized carbons (Fsp3) is 0.571. The van der Waals surface area contributed by atoms with Gasteiger partial charge in [0.25, 0.3) is 5.69 Å². The van der Waals surface area contributed by atoms with Gasteiger partial charge in [0.2, 0.25) is 0 Å². The quantitative estimate of drug-likeness (QED) is 0.425. The Kier molecular flexibility index (Phi) is 7.72. The fourth-order valence-electron chi connectivity index (χ4n) is 2.00. The summed E-state index contributed by atoms with van der Waals surface area (Å²) in [5, 5.41) is 14.0. The molecular weight excluding hydrogens is 322 g/mol. The average Bonchev–Trinajstić information content (AvgIpc) is 2.43. The summed E-state index contributed by atoms with van der Waals surface area (Å²) in [6, 6.07) is 4.88. The van der Waals surface area contributed by atoms with E-state index in [0.29, 0.717) is 6.54 Å². The highest BCUT2D eigenvalue weighted by atomic mass is 79.9. The summed E-state index contributed by atoms with van der Waals surface area (Å²) in [6.07, 6.45) is 1.17. The molecule has 1 aromatic carbocycles. The Morgan fingerprint density at radius 2 is 2.10 bits per heavy atom. The van der Waals surface area contributed by atoms with Gasteiger partial charge in [0.05, 0.1) is 4.92 Å². The predicted molar refractivity (Wildman–Crippen MR) is 84.9 cm³/mol. The number of nitrogens with zero attached hydrogens (tertiary/aromatic N) is 2. The Balaban J connectivity index is 2.40. The summed E-state index contributed by atoms with van der Waals surface area (Å²) in [6.45, 7) is 9.19. The molecule has 0 spiro atoms. The summed E-state index contributed by atoms with van der Waals surface area (Å²) in [5.41, 5.74) is 1.15. The first-order valence-electron chi connectivity index (χ1n) is 6.94.